The first kappa shape index (κ1) is 23.1. The van der Waals surface area contributed by atoms with Crippen molar-refractivity contribution in [2.24, 2.45) is 0 Å². The van der Waals surface area contributed by atoms with Crippen LogP contribution in [0.5, 0.6) is 11.5 Å². The lowest BCUT2D eigenvalue weighted by Crippen LogP contribution is -2.40. The number of amides is 1. The van der Waals surface area contributed by atoms with Crippen molar-refractivity contribution >= 4 is 21.6 Å². The zero-order chi connectivity index (χ0) is 23.0. The van der Waals surface area contributed by atoms with Gasteiger partial charge >= 0.3 is 0 Å². The van der Waals surface area contributed by atoms with E-state index in [1.165, 1.54) is 0 Å². The molecule has 0 saturated carbocycles. The van der Waals surface area contributed by atoms with Crippen molar-refractivity contribution in [2.45, 2.75) is 13.2 Å². The van der Waals surface area contributed by atoms with Crippen LogP contribution in [0.1, 0.15) is 11.1 Å². The summed E-state index contributed by atoms with van der Waals surface area (Å²) in [6.45, 7) is 0.298. The van der Waals surface area contributed by atoms with E-state index in [1.807, 2.05) is 48.5 Å². The Hall–Kier alpha value is -3.52. The average Bonchev–Trinajstić information content (AvgIpc) is 2.80. The monoisotopic (exact) mass is 454 g/mol. The third kappa shape index (κ3) is 6.49. The Morgan fingerprint density at radius 1 is 0.938 bits per heavy atom. The molecule has 0 aliphatic heterocycles. The molecule has 0 aromatic heterocycles. The first-order valence-electron chi connectivity index (χ1n) is 10.00. The quantitative estimate of drug-likeness (QED) is 0.508. The van der Waals surface area contributed by atoms with E-state index in [2.05, 4.69) is 5.32 Å². The van der Waals surface area contributed by atoms with E-state index >= 15 is 0 Å². The standard InChI is InChI=1S/C24H26N2O5S/c1-30-23-11-7-6-10-20(23)16-25-24(27)17-26(32(2,28)29)21-12-14-22(15-13-21)31-18-19-8-4-3-5-9-19/h3-15H,16-18H2,1-2H3,(H,25,27). The predicted octanol–water partition coefficient (Wildman–Crippen LogP) is 3.36. The second kappa shape index (κ2) is 10.7. The smallest absolute Gasteiger partial charge is 0.241 e. The Morgan fingerprint density at radius 2 is 1.59 bits per heavy atom. The summed E-state index contributed by atoms with van der Waals surface area (Å²) < 4.78 is 36.7. The Bertz CT molecular complexity index is 1130. The Balaban J connectivity index is 1.63. The highest BCUT2D eigenvalue weighted by Crippen LogP contribution is 2.22. The third-order valence-corrected chi connectivity index (χ3v) is 5.87. The molecule has 0 heterocycles. The lowest BCUT2D eigenvalue weighted by atomic mass is 10.2. The maximum absolute atomic E-state index is 12.5. The lowest BCUT2D eigenvalue weighted by Gasteiger charge is -2.22. The summed E-state index contributed by atoms with van der Waals surface area (Å²) in [6.07, 6.45) is 1.07. The number of nitrogens with zero attached hydrogens (tertiary/aromatic N) is 1. The van der Waals surface area contributed by atoms with Gasteiger partial charge in [-0.1, -0.05) is 48.5 Å². The van der Waals surface area contributed by atoms with E-state index in [4.69, 9.17) is 9.47 Å². The van der Waals surface area contributed by atoms with Gasteiger partial charge in [-0.3, -0.25) is 9.10 Å². The van der Waals surface area contributed by atoms with Crippen LogP contribution in [-0.2, 0) is 28.0 Å². The van der Waals surface area contributed by atoms with Crippen molar-refractivity contribution in [2.75, 3.05) is 24.2 Å². The van der Waals surface area contributed by atoms with Crippen LogP contribution in [-0.4, -0.2) is 34.2 Å². The van der Waals surface area contributed by atoms with Gasteiger partial charge in [-0.15, -0.1) is 0 Å². The van der Waals surface area contributed by atoms with Crippen LogP contribution >= 0.6 is 0 Å². The lowest BCUT2D eigenvalue weighted by molar-refractivity contribution is -0.119. The number of nitrogens with one attached hydrogen (secondary N) is 1. The minimum atomic E-state index is -3.67. The second-order valence-corrected chi connectivity index (χ2v) is 9.03. The SMILES string of the molecule is COc1ccccc1CNC(=O)CN(c1ccc(OCc2ccccc2)cc1)S(C)(=O)=O. The van der Waals surface area contributed by atoms with Gasteiger partial charge in [0.2, 0.25) is 15.9 Å². The molecule has 0 fully saturated rings. The topological polar surface area (TPSA) is 84.9 Å². The highest BCUT2D eigenvalue weighted by atomic mass is 32.2. The van der Waals surface area contributed by atoms with Gasteiger partial charge in [0, 0.05) is 12.1 Å². The summed E-state index contributed by atoms with van der Waals surface area (Å²) in [5.74, 6) is 0.830. The van der Waals surface area contributed by atoms with E-state index in [9.17, 15) is 13.2 Å². The number of ether oxygens (including phenoxy) is 2. The summed E-state index contributed by atoms with van der Waals surface area (Å²) in [6, 6.07) is 23.6. The van der Waals surface area contributed by atoms with Gasteiger partial charge in [-0.05, 0) is 35.9 Å². The third-order valence-electron chi connectivity index (χ3n) is 4.73. The average molecular weight is 455 g/mol. The molecule has 0 unspecified atom stereocenters. The molecule has 3 aromatic carbocycles. The molecule has 0 bridgehead atoms. The molecule has 0 spiro atoms. The van der Waals surface area contributed by atoms with Crippen LogP contribution in [0.3, 0.4) is 0 Å². The van der Waals surface area contributed by atoms with Crippen LogP contribution < -0.4 is 19.1 Å². The number of anilines is 1. The number of hydrogen-bond acceptors (Lipinski definition) is 5. The fourth-order valence-electron chi connectivity index (χ4n) is 3.08. The van der Waals surface area contributed by atoms with Gasteiger partial charge < -0.3 is 14.8 Å². The fourth-order valence-corrected chi connectivity index (χ4v) is 3.94. The summed E-state index contributed by atoms with van der Waals surface area (Å²) >= 11 is 0. The summed E-state index contributed by atoms with van der Waals surface area (Å²) in [5.41, 5.74) is 2.21. The second-order valence-electron chi connectivity index (χ2n) is 7.13. The molecule has 0 radical (unpaired) electrons. The van der Waals surface area contributed by atoms with Crippen LogP contribution in [0.2, 0.25) is 0 Å². The molecule has 32 heavy (non-hydrogen) atoms. The molecule has 0 atom stereocenters. The maximum atomic E-state index is 12.5. The maximum Gasteiger partial charge on any atom is 0.241 e. The van der Waals surface area contributed by atoms with Gasteiger partial charge in [0.25, 0.3) is 0 Å². The van der Waals surface area contributed by atoms with E-state index in [-0.39, 0.29) is 13.1 Å². The number of hydrogen-bond donors (Lipinski definition) is 1. The molecule has 1 amide bonds. The molecule has 1 N–H and O–H groups in total. The number of carbonyl (C=O) groups excluding carboxylic acids is 1. The molecule has 0 saturated heterocycles. The first-order valence-corrected chi connectivity index (χ1v) is 11.8. The van der Waals surface area contributed by atoms with Crippen molar-refractivity contribution in [1.82, 2.24) is 5.32 Å². The normalized spacial score (nSPS) is 10.9. The van der Waals surface area contributed by atoms with E-state index in [1.54, 1.807) is 37.4 Å². The summed E-state index contributed by atoms with van der Waals surface area (Å²) in [4.78, 5) is 12.5. The van der Waals surface area contributed by atoms with E-state index in [0.29, 0.717) is 23.8 Å². The molecule has 7 nitrogen and oxygen atoms in total. The van der Waals surface area contributed by atoms with Crippen LogP contribution in [0.25, 0.3) is 0 Å². The predicted molar refractivity (Wildman–Crippen MR) is 124 cm³/mol. The van der Waals surface area contributed by atoms with Crippen molar-refractivity contribution in [3.63, 3.8) is 0 Å². The summed E-state index contributed by atoms with van der Waals surface area (Å²) in [5, 5.41) is 2.75. The number of carbonyl (C=O) groups is 1. The van der Waals surface area contributed by atoms with Gasteiger partial charge in [-0.2, -0.15) is 0 Å². The Morgan fingerprint density at radius 3 is 2.25 bits per heavy atom. The zero-order valence-electron chi connectivity index (χ0n) is 18.0. The van der Waals surface area contributed by atoms with Gasteiger partial charge in [0.15, 0.2) is 0 Å². The number of para-hydroxylation sites is 1. The van der Waals surface area contributed by atoms with Gasteiger partial charge in [0.05, 0.1) is 19.1 Å². The van der Waals surface area contributed by atoms with E-state index in [0.717, 1.165) is 21.7 Å². The van der Waals surface area contributed by atoms with Crippen molar-refractivity contribution in [3.8, 4) is 11.5 Å². The molecule has 0 aliphatic carbocycles. The Labute approximate surface area is 188 Å². The molecule has 168 valence electrons. The van der Waals surface area contributed by atoms with Crippen LogP contribution in [0.4, 0.5) is 5.69 Å². The molecule has 3 aromatic rings. The van der Waals surface area contributed by atoms with Crippen LogP contribution in [0.15, 0.2) is 78.9 Å². The van der Waals surface area contributed by atoms with Crippen molar-refractivity contribution in [1.29, 1.82) is 0 Å². The van der Waals surface area contributed by atoms with Gasteiger partial charge in [0.1, 0.15) is 24.7 Å². The zero-order valence-corrected chi connectivity index (χ0v) is 18.8. The van der Waals surface area contributed by atoms with Crippen LogP contribution in [0, 0.1) is 0 Å². The first-order chi connectivity index (χ1) is 15.4. The number of methoxy groups -OCH3 is 1. The molecule has 8 heteroatoms. The number of sulfonamides is 1. The van der Waals surface area contributed by atoms with Gasteiger partial charge in [-0.25, -0.2) is 8.42 Å². The van der Waals surface area contributed by atoms with Crippen molar-refractivity contribution in [3.05, 3.63) is 90.0 Å². The minimum Gasteiger partial charge on any atom is -0.496 e. The molecular formula is C24H26N2O5S. The minimum absolute atomic E-state index is 0.229. The van der Waals surface area contributed by atoms with Crippen molar-refractivity contribution < 1.29 is 22.7 Å². The molecular weight excluding hydrogens is 428 g/mol. The fraction of sp³-hybridized carbons (Fsp3) is 0.208. The summed E-state index contributed by atoms with van der Waals surface area (Å²) in [7, 11) is -2.12. The highest BCUT2D eigenvalue weighted by molar-refractivity contribution is 7.92. The number of benzene rings is 3. The Kier molecular flexibility index (Phi) is 7.72. The molecule has 0 aliphatic rings. The molecule has 3 rings (SSSR count). The van der Waals surface area contributed by atoms with E-state index < -0.39 is 15.9 Å². The number of rotatable bonds is 10. The largest absolute Gasteiger partial charge is 0.496 e. The highest BCUT2D eigenvalue weighted by Gasteiger charge is 2.21.